The second kappa shape index (κ2) is 12.3. The van der Waals surface area contributed by atoms with Crippen LogP contribution in [0.5, 0.6) is 5.75 Å². The number of esters is 1. The van der Waals surface area contributed by atoms with Gasteiger partial charge in [-0.3, -0.25) is 0 Å². The first-order chi connectivity index (χ1) is 17.4. The van der Waals surface area contributed by atoms with E-state index in [1.54, 1.807) is 39.0 Å². The Morgan fingerprint density at radius 1 is 1.19 bits per heavy atom. The quantitative estimate of drug-likeness (QED) is 0.146. The summed E-state index contributed by atoms with van der Waals surface area (Å²) in [4.78, 5) is 14.9. The second-order valence-corrected chi connectivity index (χ2v) is 13.3. The predicted octanol–water partition coefficient (Wildman–Crippen LogP) is 6.90. The molecule has 37 heavy (non-hydrogen) atoms. The van der Waals surface area contributed by atoms with Gasteiger partial charge in [-0.2, -0.15) is 0 Å². The van der Waals surface area contributed by atoms with Crippen LogP contribution in [0.2, 0.25) is 0 Å². The third-order valence-corrected chi connectivity index (χ3v) is 8.58. The maximum absolute atomic E-state index is 13.7. The summed E-state index contributed by atoms with van der Waals surface area (Å²) in [7, 11) is -3.65. The molecule has 0 unspecified atom stereocenters. The Labute approximate surface area is 224 Å². The van der Waals surface area contributed by atoms with E-state index in [9.17, 15) is 17.6 Å². The van der Waals surface area contributed by atoms with Gasteiger partial charge in [0.2, 0.25) is 0 Å². The van der Waals surface area contributed by atoms with Gasteiger partial charge in [0.15, 0.2) is 9.84 Å². The topological polar surface area (TPSA) is 72.9 Å². The number of hydrogen-bond acceptors (Lipinski definition) is 7. The summed E-state index contributed by atoms with van der Waals surface area (Å²) in [6.07, 6.45) is 5.08. The molecule has 1 aliphatic rings. The molecule has 1 heterocycles. The number of rotatable bonds is 9. The van der Waals surface area contributed by atoms with E-state index in [0.29, 0.717) is 18.0 Å². The number of unbranched alkanes of at least 4 members (excludes halogenated alkanes) is 1. The van der Waals surface area contributed by atoms with Crippen LogP contribution in [0.4, 0.5) is 15.8 Å². The van der Waals surface area contributed by atoms with Crippen LogP contribution in [0.25, 0.3) is 0 Å². The lowest BCUT2D eigenvalue weighted by atomic mass is 10.0. The fraction of sp³-hybridized carbons (Fsp3) is 0.464. The molecule has 1 aliphatic heterocycles. The van der Waals surface area contributed by atoms with Crippen LogP contribution < -0.4 is 9.64 Å². The summed E-state index contributed by atoms with van der Waals surface area (Å²) in [6.45, 7) is 9.90. The van der Waals surface area contributed by atoms with Crippen LogP contribution in [0.1, 0.15) is 53.9 Å². The van der Waals surface area contributed by atoms with Crippen molar-refractivity contribution in [1.82, 2.24) is 0 Å². The average molecular weight is 550 g/mol. The molecule has 0 aromatic heterocycles. The number of carbonyl (C=O) groups is 1. The molecule has 6 nitrogen and oxygen atoms in total. The van der Waals surface area contributed by atoms with E-state index in [1.165, 1.54) is 36.2 Å². The number of carbonyl (C=O) groups excluding carboxylic acids is 1. The lowest BCUT2D eigenvalue weighted by molar-refractivity contribution is -0.148. The zero-order valence-electron chi connectivity index (χ0n) is 22.1. The molecule has 202 valence electrons. The molecule has 2 aromatic rings. The monoisotopic (exact) mass is 549 g/mol. The molecule has 0 fully saturated rings. The van der Waals surface area contributed by atoms with Gasteiger partial charge in [0.25, 0.3) is 0 Å². The molecule has 0 amide bonds. The molecule has 0 N–H and O–H groups in total. The van der Waals surface area contributed by atoms with Crippen LogP contribution in [0.3, 0.4) is 0 Å². The normalized spacial score (nSPS) is 17.4. The smallest absolute Gasteiger partial charge is 0.334 e. The third-order valence-electron chi connectivity index (χ3n) is 5.76. The van der Waals surface area contributed by atoms with E-state index >= 15 is 0 Å². The van der Waals surface area contributed by atoms with Gasteiger partial charge in [-0.05, 0) is 69.2 Å². The summed E-state index contributed by atoms with van der Waals surface area (Å²) < 4.78 is 52.0. The van der Waals surface area contributed by atoms with E-state index in [2.05, 4.69) is 6.92 Å². The van der Waals surface area contributed by atoms with Crippen molar-refractivity contribution in [3.05, 3.63) is 54.6 Å². The van der Waals surface area contributed by atoms with Crippen LogP contribution in [0.15, 0.2) is 58.5 Å². The van der Waals surface area contributed by atoms with Crippen molar-refractivity contribution in [2.24, 2.45) is 5.92 Å². The minimum Gasteiger partial charge on any atom is -0.464 e. The summed E-state index contributed by atoms with van der Waals surface area (Å²) in [5.74, 6) is 0.108. The van der Waals surface area contributed by atoms with Crippen molar-refractivity contribution in [2.45, 2.75) is 69.3 Å². The molecule has 0 saturated heterocycles. The first-order valence-electron chi connectivity index (χ1n) is 12.6. The van der Waals surface area contributed by atoms with Crippen molar-refractivity contribution in [3.63, 3.8) is 0 Å². The predicted molar refractivity (Wildman–Crippen MR) is 147 cm³/mol. The first kappa shape index (κ1) is 29.0. The molecule has 0 spiro atoms. The van der Waals surface area contributed by atoms with Crippen molar-refractivity contribution < 1.29 is 27.1 Å². The Bertz CT molecular complexity index is 1220. The van der Waals surface area contributed by atoms with Gasteiger partial charge < -0.3 is 14.4 Å². The Morgan fingerprint density at radius 3 is 2.51 bits per heavy atom. The van der Waals surface area contributed by atoms with Crippen LogP contribution in [-0.4, -0.2) is 38.0 Å². The number of benzene rings is 2. The van der Waals surface area contributed by atoms with Crippen molar-refractivity contribution in [2.75, 3.05) is 23.0 Å². The number of nitrogens with zero attached hydrogens (tertiary/aromatic N) is 1. The highest BCUT2D eigenvalue weighted by molar-refractivity contribution is 7.99. The Kier molecular flexibility index (Phi) is 9.69. The van der Waals surface area contributed by atoms with Gasteiger partial charge in [-0.15, -0.1) is 11.8 Å². The molecule has 0 aliphatic carbocycles. The molecular formula is C28H36FNO5S2. The molecule has 1 atom stereocenters. The first-order valence-corrected chi connectivity index (χ1v) is 15.2. The van der Waals surface area contributed by atoms with Crippen molar-refractivity contribution in [1.29, 1.82) is 0 Å². The number of fused-ring (bicyclic) bond motifs is 1. The maximum atomic E-state index is 13.7. The number of thioether (sulfide) groups is 1. The fourth-order valence-electron chi connectivity index (χ4n) is 4.19. The SMILES string of the molecule is CCCC[C@@H]1CN(c2ccc(F)cc2)c2cc(SCC)c(O/C=C/C(=O)OC(C)(C)C)cc2S(=O)(=O)C1. The standard InChI is InChI=1S/C28H36FNO5S2/c1-6-8-9-20-18-30(22-12-10-21(29)11-13-22)23-16-25(36-7-2)24(17-26(23)37(32,33)19-20)34-15-14-27(31)35-28(3,4)5/h10-17,20H,6-9,18-19H2,1-5H3/b15-14+/t20-/m1/s1. The van der Waals surface area contributed by atoms with E-state index in [4.69, 9.17) is 9.47 Å². The lowest BCUT2D eigenvalue weighted by Gasteiger charge is -2.28. The lowest BCUT2D eigenvalue weighted by Crippen LogP contribution is -2.26. The highest BCUT2D eigenvalue weighted by Gasteiger charge is 2.33. The Balaban J connectivity index is 2.08. The maximum Gasteiger partial charge on any atom is 0.334 e. The molecule has 0 radical (unpaired) electrons. The Morgan fingerprint density at radius 2 is 1.89 bits per heavy atom. The van der Waals surface area contributed by atoms with Crippen LogP contribution in [-0.2, 0) is 19.4 Å². The van der Waals surface area contributed by atoms with E-state index in [0.717, 1.165) is 35.6 Å². The number of halogens is 1. The molecular weight excluding hydrogens is 513 g/mol. The number of ether oxygens (including phenoxy) is 2. The van der Waals surface area contributed by atoms with E-state index in [1.807, 2.05) is 17.9 Å². The van der Waals surface area contributed by atoms with Crippen LogP contribution >= 0.6 is 11.8 Å². The van der Waals surface area contributed by atoms with Crippen LogP contribution in [0, 0.1) is 11.7 Å². The van der Waals surface area contributed by atoms with Crippen molar-refractivity contribution in [3.8, 4) is 5.75 Å². The van der Waals surface area contributed by atoms with Gasteiger partial charge >= 0.3 is 5.97 Å². The summed E-state index contributed by atoms with van der Waals surface area (Å²) in [5, 5.41) is 0. The zero-order chi connectivity index (χ0) is 27.2. The minimum atomic E-state index is -3.65. The highest BCUT2D eigenvalue weighted by atomic mass is 32.2. The van der Waals surface area contributed by atoms with Gasteiger partial charge in [-0.25, -0.2) is 17.6 Å². The molecule has 0 bridgehead atoms. The van der Waals surface area contributed by atoms with E-state index in [-0.39, 0.29) is 22.4 Å². The van der Waals surface area contributed by atoms with Gasteiger partial charge in [-0.1, -0.05) is 26.7 Å². The molecule has 3 rings (SSSR count). The second-order valence-electron chi connectivity index (χ2n) is 10.0. The summed E-state index contributed by atoms with van der Waals surface area (Å²) in [6, 6.07) is 9.49. The van der Waals surface area contributed by atoms with E-state index < -0.39 is 21.4 Å². The van der Waals surface area contributed by atoms with Gasteiger partial charge in [0.05, 0.1) is 33.6 Å². The summed E-state index contributed by atoms with van der Waals surface area (Å²) in [5.41, 5.74) is 0.637. The zero-order valence-corrected chi connectivity index (χ0v) is 23.8. The molecule has 9 heteroatoms. The highest BCUT2D eigenvalue weighted by Crippen LogP contribution is 2.43. The summed E-state index contributed by atoms with van der Waals surface area (Å²) >= 11 is 1.51. The largest absolute Gasteiger partial charge is 0.464 e. The van der Waals surface area contributed by atoms with Gasteiger partial charge in [0.1, 0.15) is 17.2 Å². The number of hydrogen-bond donors (Lipinski definition) is 0. The molecule has 2 aromatic carbocycles. The fourth-order valence-corrected chi connectivity index (χ4v) is 6.79. The number of anilines is 2. The van der Waals surface area contributed by atoms with Gasteiger partial charge in [0, 0.05) is 18.3 Å². The molecule has 0 saturated carbocycles. The average Bonchev–Trinajstić information content (AvgIpc) is 2.91. The third kappa shape index (κ3) is 7.98. The minimum absolute atomic E-state index is 0.0190. The Hall–Kier alpha value is -2.52. The number of sulfone groups is 1. The van der Waals surface area contributed by atoms with Crippen molar-refractivity contribution >= 4 is 38.9 Å².